The summed E-state index contributed by atoms with van der Waals surface area (Å²) in [6.07, 6.45) is 0.727. The van der Waals surface area contributed by atoms with E-state index in [0.29, 0.717) is 16.5 Å². The smallest absolute Gasteiger partial charge is 0.242 e. The maximum atomic E-state index is 13.2. The number of halogens is 2. The Hall–Kier alpha value is -2.04. The molecule has 0 aliphatic carbocycles. The van der Waals surface area contributed by atoms with Gasteiger partial charge in [0.05, 0.1) is 6.42 Å². The molecule has 1 N–H and O–H groups in total. The highest BCUT2D eigenvalue weighted by atomic mass is 35.5. The van der Waals surface area contributed by atoms with Crippen molar-refractivity contribution in [2.75, 3.05) is 7.05 Å². The van der Waals surface area contributed by atoms with Crippen LogP contribution in [0.4, 0.5) is 0 Å². The number of carbonyl (C=O) groups is 2. The molecular formula is C22H26Cl2N2O2. The maximum absolute atomic E-state index is 13.2. The standard InChI is InChI=1S/C22H26Cl2N2O2/c1-5-20(22(28)25-4)26(13-17-6-7-18(23)12-19(17)24)21(27)11-16-9-14(2)8-15(3)10-16/h6-10,12,20H,5,11,13H2,1-4H3,(H,25,28)/t20-/m0/s1. The molecule has 0 heterocycles. The Labute approximate surface area is 176 Å². The third kappa shape index (κ3) is 5.73. The summed E-state index contributed by atoms with van der Waals surface area (Å²) in [5.41, 5.74) is 3.89. The molecular weight excluding hydrogens is 395 g/mol. The van der Waals surface area contributed by atoms with Crippen molar-refractivity contribution in [1.29, 1.82) is 0 Å². The zero-order valence-electron chi connectivity index (χ0n) is 16.7. The number of benzene rings is 2. The van der Waals surface area contributed by atoms with Gasteiger partial charge in [-0.2, -0.15) is 0 Å². The van der Waals surface area contributed by atoms with E-state index in [-0.39, 0.29) is 24.8 Å². The van der Waals surface area contributed by atoms with Gasteiger partial charge in [-0.1, -0.05) is 65.5 Å². The summed E-state index contributed by atoms with van der Waals surface area (Å²) in [5.74, 6) is -0.312. The van der Waals surface area contributed by atoms with Gasteiger partial charge in [0.2, 0.25) is 11.8 Å². The lowest BCUT2D eigenvalue weighted by molar-refractivity contribution is -0.140. The Morgan fingerprint density at radius 3 is 2.25 bits per heavy atom. The minimum Gasteiger partial charge on any atom is -0.357 e. The Bertz CT molecular complexity index is 847. The lowest BCUT2D eigenvalue weighted by Crippen LogP contribution is -2.48. The van der Waals surface area contributed by atoms with Gasteiger partial charge in [-0.15, -0.1) is 0 Å². The second-order valence-electron chi connectivity index (χ2n) is 6.97. The summed E-state index contributed by atoms with van der Waals surface area (Å²) < 4.78 is 0. The van der Waals surface area contributed by atoms with E-state index in [1.165, 1.54) is 0 Å². The van der Waals surface area contributed by atoms with Gasteiger partial charge in [-0.05, 0) is 43.5 Å². The number of hydrogen-bond acceptors (Lipinski definition) is 2. The molecule has 2 amide bonds. The number of nitrogens with zero attached hydrogens (tertiary/aromatic N) is 1. The van der Waals surface area contributed by atoms with Crippen molar-refractivity contribution >= 4 is 35.0 Å². The van der Waals surface area contributed by atoms with Crippen LogP contribution in [0.1, 0.15) is 35.6 Å². The molecule has 2 aromatic carbocycles. The van der Waals surface area contributed by atoms with Gasteiger partial charge < -0.3 is 10.2 Å². The minimum atomic E-state index is -0.574. The van der Waals surface area contributed by atoms with Gasteiger partial charge in [-0.3, -0.25) is 9.59 Å². The van der Waals surface area contributed by atoms with Gasteiger partial charge in [-0.25, -0.2) is 0 Å². The lowest BCUT2D eigenvalue weighted by Gasteiger charge is -2.30. The fourth-order valence-corrected chi connectivity index (χ4v) is 3.84. The lowest BCUT2D eigenvalue weighted by atomic mass is 10.0. The molecule has 0 aliphatic rings. The molecule has 0 saturated heterocycles. The molecule has 1 atom stereocenters. The van der Waals surface area contributed by atoms with Crippen LogP contribution in [0, 0.1) is 13.8 Å². The molecule has 0 bridgehead atoms. The van der Waals surface area contributed by atoms with Crippen LogP contribution in [0.3, 0.4) is 0 Å². The van der Waals surface area contributed by atoms with Gasteiger partial charge >= 0.3 is 0 Å². The van der Waals surface area contributed by atoms with Crippen molar-refractivity contribution in [2.45, 2.75) is 46.2 Å². The summed E-state index contributed by atoms with van der Waals surface area (Å²) in [7, 11) is 1.58. The molecule has 0 unspecified atom stereocenters. The van der Waals surface area contributed by atoms with E-state index in [0.717, 1.165) is 22.3 Å². The average Bonchev–Trinajstić information content (AvgIpc) is 2.62. The molecule has 0 radical (unpaired) electrons. The highest BCUT2D eigenvalue weighted by Crippen LogP contribution is 2.24. The largest absolute Gasteiger partial charge is 0.357 e. The summed E-state index contributed by atoms with van der Waals surface area (Å²) in [5, 5.41) is 3.66. The molecule has 0 saturated carbocycles. The quantitative estimate of drug-likeness (QED) is 0.704. The number of rotatable bonds is 7. The van der Waals surface area contributed by atoms with E-state index in [1.807, 2.05) is 32.9 Å². The van der Waals surface area contributed by atoms with E-state index in [1.54, 1.807) is 30.1 Å². The molecule has 2 rings (SSSR count). The van der Waals surface area contributed by atoms with E-state index in [2.05, 4.69) is 11.4 Å². The Balaban J connectivity index is 2.35. The molecule has 2 aromatic rings. The van der Waals surface area contributed by atoms with E-state index in [9.17, 15) is 9.59 Å². The highest BCUT2D eigenvalue weighted by Gasteiger charge is 2.28. The van der Waals surface area contributed by atoms with Crippen molar-refractivity contribution < 1.29 is 9.59 Å². The maximum Gasteiger partial charge on any atom is 0.242 e. The number of amides is 2. The monoisotopic (exact) mass is 420 g/mol. The zero-order valence-corrected chi connectivity index (χ0v) is 18.2. The van der Waals surface area contributed by atoms with Crippen LogP contribution in [0.2, 0.25) is 10.0 Å². The number of nitrogens with one attached hydrogen (secondary N) is 1. The molecule has 0 fully saturated rings. The summed E-state index contributed by atoms with van der Waals surface area (Å²) in [6, 6.07) is 10.7. The normalized spacial score (nSPS) is 11.8. The molecule has 4 nitrogen and oxygen atoms in total. The van der Waals surface area contributed by atoms with E-state index < -0.39 is 6.04 Å². The molecule has 0 aromatic heterocycles. The number of aryl methyl sites for hydroxylation is 2. The molecule has 0 spiro atoms. The number of hydrogen-bond donors (Lipinski definition) is 1. The predicted molar refractivity (Wildman–Crippen MR) is 115 cm³/mol. The fraction of sp³-hybridized carbons (Fsp3) is 0.364. The van der Waals surface area contributed by atoms with Crippen LogP contribution in [-0.2, 0) is 22.6 Å². The zero-order chi connectivity index (χ0) is 20.8. The Morgan fingerprint density at radius 1 is 1.07 bits per heavy atom. The summed E-state index contributed by atoms with van der Waals surface area (Å²) in [4.78, 5) is 27.2. The van der Waals surface area contributed by atoms with E-state index >= 15 is 0 Å². The van der Waals surface area contributed by atoms with Gasteiger partial charge in [0.1, 0.15) is 6.04 Å². The van der Waals surface area contributed by atoms with Crippen LogP contribution < -0.4 is 5.32 Å². The Morgan fingerprint density at radius 2 is 1.71 bits per heavy atom. The number of likely N-dealkylation sites (N-methyl/N-ethyl adjacent to an activating group) is 1. The van der Waals surface area contributed by atoms with Gasteiger partial charge in [0, 0.05) is 23.6 Å². The van der Waals surface area contributed by atoms with Crippen molar-refractivity contribution in [3.8, 4) is 0 Å². The minimum absolute atomic E-state index is 0.119. The molecule has 0 aliphatic heterocycles. The topological polar surface area (TPSA) is 49.4 Å². The van der Waals surface area contributed by atoms with E-state index in [4.69, 9.17) is 23.2 Å². The van der Waals surface area contributed by atoms with Gasteiger partial charge in [0.25, 0.3) is 0 Å². The van der Waals surface area contributed by atoms with Crippen molar-refractivity contribution in [3.05, 3.63) is 68.7 Å². The summed E-state index contributed by atoms with van der Waals surface area (Å²) in [6.45, 7) is 6.14. The molecule has 150 valence electrons. The van der Waals surface area contributed by atoms with Crippen LogP contribution in [0.15, 0.2) is 36.4 Å². The predicted octanol–water partition coefficient (Wildman–Crippen LogP) is 4.71. The van der Waals surface area contributed by atoms with Crippen molar-refractivity contribution in [1.82, 2.24) is 10.2 Å². The first-order valence-electron chi connectivity index (χ1n) is 9.27. The second-order valence-corrected chi connectivity index (χ2v) is 7.81. The van der Waals surface area contributed by atoms with Crippen molar-refractivity contribution in [3.63, 3.8) is 0 Å². The van der Waals surface area contributed by atoms with Gasteiger partial charge in [0.15, 0.2) is 0 Å². The fourth-order valence-electron chi connectivity index (χ4n) is 3.37. The Kier molecular flexibility index (Phi) is 7.90. The third-order valence-electron chi connectivity index (χ3n) is 4.62. The SMILES string of the molecule is CC[C@@H](C(=O)NC)N(Cc1ccc(Cl)cc1Cl)C(=O)Cc1cc(C)cc(C)c1. The first kappa shape index (κ1) is 22.3. The third-order valence-corrected chi connectivity index (χ3v) is 5.21. The summed E-state index contributed by atoms with van der Waals surface area (Å²) >= 11 is 12.3. The first-order valence-corrected chi connectivity index (χ1v) is 10.0. The second kappa shape index (κ2) is 9.94. The van der Waals surface area contributed by atoms with Crippen LogP contribution >= 0.6 is 23.2 Å². The average molecular weight is 421 g/mol. The molecule has 6 heteroatoms. The first-order chi connectivity index (χ1) is 13.2. The van der Waals surface area contributed by atoms with Crippen molar-refractivity contribution in [2.24, 2.45) is 0 Å². The highest BCUT2D eigenvalue weighted by molar-refractivity contribution is 6.35. The van der Waals surface area contributed by atoms with Crippen LogP contribution in [-0.4, -0.2) is 29.8 Å². The molecule has 28 heavy (non-hydrogen) atoms. The van der Waals surface area contributed by atoms with Crippen LogP contribution in [0.5, 0.6) is 0 Å². The van der Waals surface area contributed by atoms with Crippen LogP contribution in [0.25, 0.3) is 0 Å². The number of carbonyl (C=O) groups excluding carboxylic acids is 2.